The molecule has 2 aromatic rings. The number of hydrogen-bond acceptors (Lipinski definition) is 3. The Balaban J connectivity index is 1.99. The van der Waals surface area contributed by atoms with Gasteiger partial charge in [0.05, 0.1) is 6.61 Å². The number of alkyl halides is 3. The van der Waals surface area contributed by atoms with Gasteiger partial charge in [-0.05, 0) is 42.3 Å². The number of amides is 2. The van der Waals surface area contributed by atoms with Gasteiger partial charge in [-0.2, -0.15) is 13.2 Å². The maximum absolute atomic E-state index is 12.8. The standard InChI is InChI=1S/C22H25F3N2O3/c1-4-27(13-16-5-9-18(10-6-16)20(28)26(2)3)21(29)19-11-7-17(8-12-19)14-30-15-22(23,24)25/h5-12H,4,13-15H2,1-3H3. The predicted molar refractivity (Wildman–Crippen MR) is 107 cm³/mol. The Morgan fingerprint density at radius 1 is 0.867 bits per heavy atom. The lowest BCUT2D eigenvalue weighted by Gasteiger charge is -2.21. The maximum atomic E-state index is 12.8. The molecule has 0 heterocycles. The molecule has 0 spiro atoms. The van der Waals surface area contributed by atoms with Crippen molar-refractivity contribution in [2.75, 3.05) is 27.2 Å². The fraction of sp³-hybridized carbons (Fsp3) is 0.364. The summed E-state index contributed by atoms with van der Waals surface area (Å²) in [4.78, 5) is 27.9. The zero-order valence-corrected chi connectivity index (χ0v) is 17.2. The topological polar surface area (TPSA) is 49.9 Å². The third kappa shape index (κ3) is 6.88. The number of rotatable bonds is 8. The minimum atomic E-state index is -4.37. The van der Waals surface area contributed by atoms with E-state index >= 15 is 0 Å². The molecule has 0 saturated heterocycles. The van der Waals surface area contributed by atoms with Crippen LogP contribution in [0.1, 0.15) is 38.8 Å². The highest BCUT2D eigenvalue weighted by atomic mass is 19.4. The Hall–Kier alpha value is -2.87. The Kier molecular flexibility index (Phi) is 8.00. The largest absolute Gasteiger partial charge is 0.411 e. The molecular formula is C22H25F3N2O3. The van der Waals surface area contributed by atoms with Gasteiger partial charge in [0.15, 0.2) is 0 Å². The Morgan fingerprint density at radius 3 is 1.83 bits per heavy atom. The third-order valence-electron chi connectivity index (χ3n) is 4.38. The number of nitrogens with zero attached hydrogens (tertiary/aromatic N) is 2. The van der Waals surface area contributed by atoms with Crippen LogP contribution in [0.3, 0.4) is 0 Å². The SMILES string of the molecule is CCN(Cc1ccc(C(=O)N(C)C)cc1)C(=O)c1ccc(COCC(F)(F)F)cc1. The van der Waals surface area contributed by atoms with Crippen molar-refractivity contribution in [2.45, 2.75) is 26.3 Å². The van der Waals surface area contributed by atoms with Crippen molar-refractivity contribution in [3.63, 3.8) is 0 Å². The van der Waals surface area contributed by atoms with Crippen molar-refractivity contribution < 1.29 is 27.5 Å². The number of halogens is 3. The second-order valence-electron chi connectivity index (χ2n) is 7.02. The van der Waals surface area contributed by atoms with Crippen LogP contribution in [-0.2, 0) is 17.9 Å². The molecule has 0 saturated carbocycles. The van der Waals surface area contributed by atoms with Crippen LogP contribution in [0.2, 0.25) is 0 Å². The van der Waals surface area contributed by atoms with E-state index in [1.165, 1.54) is 4.90 Å². The summed E-state index contributed by atoms with van der Waals surface area (Å²) in [5.74, 6) is -0.280. The lowest BCUT2D eigenvalue weighted by atomic mass is 10.1. The van der Waals surface area contributed by atoms with Crippen LogP contribution < -0.4 is 0 Å². The van der Waals surface area contributed by atoms with E-state index in [9.17, 15) is 22.8 Å². The van der Waals surface area contributed by atoms with Crippen molar-refractivity contribution in [3.05, 3.63) is 70.8 Å². The van der Waals surface area contributed by atoms with Crippen LogP contribution >= 0.6 is 0 Å². The van der Waals surface area contributed by atoms with Crippen molar-refractivity contribution in [1.29, 1.82) is 0 Å². The molecule has 0 fully saturated rings. The van der Waals surface area contributed by atoms with Crippen molar-refractivity contribution >= 4 is 11.8 Å². The molecule has 0 bridgehead atoms. The van der Waals surface area contributed by atoms with E-state index in [1.54, 1.807) is 55.4 Å². The van der Waals surface area contributed by atoms with E-state index in [4.69, 9.17) is 0 Å². The molecule has 2 rings (SSSR count). The van der Waals surface area contributed by atoms with Gasteiger partial charge in [0.2, 0.25) is 0 Å². The zero-order chi connectivity index (χ0) is 22.3. The van der Waals surface area contributed by atoms with E-state index in [2.05, 4.69) is 4.74 Å². The first-order valence-corrected chi connectivity index (χ1v) is 9.44. The summed E-state index contributed by atoms with van der Waals surface area (Å²) < 4.78 is 41.0. The molecule has 0 unspecified atom stereocenters. The first-order valence-electron chi connectivity index (χ1n) is 9.44. The molecule has 2 amide bonds. The van der Waals surface area contributed by atoms with Gasteiger partial charge in [-0.15, -0.1) is 0 Å². The minimum Gasteiger partial charge on any atom is -0.367 e. The molecule has 0 radical (unpaired) electrons. The van der Waals surface area contributed by atoms with Gasteiger partial charge in [-0.3, -0.25) is 9.59 Å². The Bertz CT molecular complexity index is 847. The fourth-order valence-corrected chi connectivity index (χ4v) is 2.77. The molecule has 0 aliphatic heterocycles. The molecule has 162 valence electrons. The van der Waals surface area contributed by atoms with Crippen LogP contribution in [0, 0.1) is 0 Å². The molecule has 30 heavy (non-hydrogen) atoms. The molecule has 0 aliphatic rings. The average Bonchev–Trinajstić information content (AvgIpc) is 2.71. The molecule has 0 N–H and O–H groups in total. The number of carbonyl (C=O) groups is 2. The summed E-state index contributed by atoms with van der Waals surface area (Å²) in [7, 11) is 3.36. The molecule has 0 atom stereocenters. The Morgan fingerprint density at radius 2 is 1.37 bits per heavy atom. The summed E-state index contributed by atoms with van der Waals surface area (Å²) >= 11 is 0. The highest BCUT2D eigenvalue weighted by Crippen LogP contribution is 2.17. The summed E-state index contributed by atoms with van der Waals surface area (Å²) in [5.41, 5.74) is 2.45. The normalized spacial score (nSPS) is 11.3. The van der Waals surface area contributed by atoms with E-state index in [-0.39, 0.29) is 18.4 Å². The average molecular weight is 422 g/mol. The summed E-state index contributed by atoms with van der Waals surface area (Å²) in [6.07, 6.45) is -4.37. The van der Waals surface area contributed by atoms with Crippen molar-refractivity contribution in [1.82, 2.24) is 9.80 Å². The van der Waals surface area contributed by atoms with E-state index in [0.29, 0.717) is 29.8 Å². The van der Waals surface area contributed by atoms with E-state index in [1.807, 2.05) is 19.1 Å². The quantitative estimate of drug-likeness (QED) is 0.643. The molecule has 8 heteroatoms. The summed E-state index contributed by atoms with van der Waals surface area (Å²) in [6.45, 7) is 1.23. The highest BCUT2D eigenvalue weighted by molar-refractivity contribution is 5.94. The van der Waals surface area contributed by atoms with Gasteiger partial charge >= 0.3 is 6.18 Å². The number of carbonyl (C=O) groups excluding carboxylic acids is 2. The summed E-state index contributed by atoms with van der Waals surface area (Å²) in [6, 6.07) is 13.4. The number of hydrogen-bond donors (Lipinski definition) is 0. The summed E-state index contributed by atoms with van der Waals surface area (Å²) in [5, 5.41) is 0. The van der Waals surface area contributed by atoms with Crippen LogP contribution in [0.25, 0.3) is 0 Å². The van der Waals surface area contributed by atoms with Gasteiger partial charge in [-0.1, -0.05) is 24.3 Å². The van der Waals surface area contributed by atoms with Gasteiger partial charge in [0.25, 0.3) is 11.8 Å². The van der Waals surface area contributed by atoms with Crippen molar-refractivity contribution in [2.24, 2.45) is 0 Å². The van der Waals surface area contributed by atoms with E-state index < -0.39 is 12.8 Å². The predicted octanol–water partition coefficient (Wildman–Crippen LogP) is 4.13. The number of benzene rings is 2. The first-order chi connectivity index (χ1) is 14.1. The van der Waals surface area contributed by atoms with E-state index in [0.717, 1.165) is 5.56 Å². The molecule has 0 aromatic heterocycles. The van der Waals surface area contributed by atoms with Crippen LogP contribution in [0.5, 0.6) is 0 Å². The molecule has 2 aromatic carbocycles. The van der Waals surface area contributed by atoms with Gasteiger partial charge < -0.3 is 14.5 Å². The molecule has 0 aliphatic carbocycles. The Labute approximate surface area is 174 Å². The van der Waals surface area contributed by atoms with Gasteiger partial charge in [-0.25, -0.2) is 0 Å². The second kappa shape index (κ2) is 10.2. The third-order valence-corrected chi connectivity index (χ3v) is 4.38. The zero-order valence-electron chi connectivity index (χ0n) is 17.2. The number of ether oxygens (including phenoxy) is 1. The van der Waals surface area contributed by atoms with Crippen molar-refractivity contribution in [3.8, 4) is 0 Å². The fourth-order valence-electron chi connectivity index (χ4n) is 2.77. The first kappa shape index (κ1) is 23.4. The minimum absolute atomic E-state index is 0.0933. The maximum Gasteiger partial charge on any atom is 0.411 e. The lowest BCUT2D eigenvalue weighted by Crippen LogP contribution is -2.30. The van der Waals surface area contributed by atoms with Crippen LogP contribution in [-0.4, -0.2) is 55.0 Å². The van der Waals surface area contributed by atoms with Gasteiger partial charge in [0.1, 0.15) is 6.61 Å². The molecular weight excluding hydrogens is 397 g/mol. The monoisotopic (exact) mass is 422 g/mol. The van der Waals surface area contributed by atoms with Crippen LogP contribution in [0.15, 0.2) is 48.5 Å². The lowest BCUT2D eigenvalue weighted by molar-refractivity contribution is -0.176. The molecule has 5 nitrogen and oxygen atoms in total. The second-order valence-corrected chi connectivity index (χ2v) is 7.02. The van der Waals surface area contributed by atoms with Gasteiger partial charge in [0, 0.05) is 38.3 Å². The highest BCUT2D eigenvalue weighted by Gasteiger charge is 2.27. The van der Waals surface area contributed by atoms with Crippen LogP contribution in [0.4, 0.5) is 13.2 Å². The smallest absolute Gasteiger partial charge is 0.367 e.